The van der Waals surface area contributed by atoms with Crippen LogP contribution in [0.2, 0.25) is 10.0 Å². The van der Waals surface area contributed by atoms with Crippen LogP contribution in [0.5, 0.6) is 5.75 Å². The van der Waals surface area contributed by atoms with Crippen LogP contribution in [-0.4, -0.2) is 49.8 Å². The van der Waals surface area contributed by atoms with Gasteiger partial charge in [-0.15, -0.1) is 0 Å². The van der Waals surface area contributed by atoms with Crippen LogP contribution in [0.1, 0.15) is 18.5 Å². The number of carbonyl (C=O) groups is 1. The molecule has 1 N–H and O–H groups in total. The third-order valence-electron chi connectivity index (χ3n) is 4.78. The van der Waals surface area contributed by atoms with Crippen molar-refractivity contribution in [3.05, 3.63) is 63.9 Å². The molecule has 29 heavy (non-hydrogen) atoms. The lowest BCUT2D eigenvalue weighted by atomic mass is 10.0. The van der Waals surface area contributed by atoms with Crippen molar-refractivity contribution in [1.29, 1.82) is 0 Å². The highest BCUT2D eigenvalue weighted by Crippen LogP contribution is 2.28. The first-order valence-electron chi connectivity index (χ1n) is 9.40. The number of benzene rings is 2. The maximum Gasteiger partial charge on any atom is 0.260 e. The number of halogens is 3. The van der Waals surface area contributed by atoms with Gasteiger partial charge in [0.05, 0.1) is 24.3 Å². The summed E-state index contributed by atoms with van der Waals surface area (Å²) in [5.41, 5.74) is 0.933. The van der Waals surface area contributed by atoms with Gasteiger partial charge in [-0.1, -0.05) is 35.3 Å². The predicted molar refractivity (Wildman–Crippen MR) is 111 cm³/mol. The molecule has 1 heterocycles. The highest BCUT2D eigenvalue weighted by Gasteiger charge is 2.25. The quantitative estimate of drug-likeness (QED) is 0.704. The molecule has 1 amide bonds. The van der Waals surface area contributed by atoms with Crippen molar-refractivity contribution in [1.82, 2.24) is 10.2 Å². The van der Waals surface area contributed by atoms with Crippen LogP contribution in [0.3, 0.4) is 0 Å². The van der Waals surface area contributed by atoms with Crippen LogP contribution < -0.4 is 10.1 Å². The van der Waals surface area contributed by atoms with Gasteiger partial charge in [0.25, 0.3) is 5.91 Å². The van der Waals surface area contributed by atoms with Gasteiger partial charge in [-0.05, 0) is 42.8 Å². The number of nitrogens with zero attached hydrogens (tertiary/aromatic N) is 1. The standard InChI is InChI=1S/C21H23Cl2FN2O3/c1-14(29-20-7-4-16(22)12-18(20)23)21(27)25-13-19(26-8-10-28-11-9-26)15-2-5-17(24)6-3-15/h2-7,12,14,19H,8-11,13H2,1H3,(H,25,27). The SMILES string of the molecule is CC(Oc1ccc(Cl)cc1Cl)C(=O)NCC(c1ccc(F)cc1)N1CCOCC1. The summed E-state index contributed by atoms with van der Waals surface area (Å²) in [7, 11) is 0. The van der Waals surface area contributed by atoms with Crippen molar-refractivity contribution in [2.45, 2.75) is 19.1 Å². The van der Waals surface area contributed by atoms with Crippen LogP contribution in [0, 0.1) is 5.82 Å². The molecule has 1 aliphatic rings. The zero-order chi connectivity index (χ0) is 20.8. The van der Waals surface area contributed by atoms with Crippen molar-refractivity contribution in [2.24, 2.45) is 0 Å². The van der Waals surface area contributed by atoms with Gasteiger partial charge in [-0.25, -0.2) is 4.39 Å². The lowest BCUT2D eigenvalue weighted by molar-refractivity contribution is -0.127. The summed E-state index contributed by atoms with van der Waals surface area (Å²) in [6, 6.07) is 11.1. The first-order valence-corrected chi connectivity index (χ1v) is 10.2. The lowest BCUT2D eigenvalue weighted by Crippen LogP contribution is -2.45. The first kappa shape index (κ1) is 21.8. The second-order valence-electron chi connectivity index (χ2n) is 6.80. The van der Waals surface area contributed by atoms with E-state index in [-0.39, 0.29) is 17.8 Å². The number of rotatable bonds is 7. The molecule has 0 bridgehead atoms. The number of ether oxygens (including phenoxy) is 2. The van der Waals surface area contributed by atoms with Crippen LogP contribution in [0.4, 0.5) is 4.39 Å². The molecule has 2 aromatic rings. The molecule has 0 aliphatic carbocycles. The van der Waals surface area contributed by atoms with Crippen molar-refractivity contribution >= 4 is 29.1 Å². The molecule has 1 fully saturated rings. The van der Waals surface area contributed by atoms with E-state index in [2.05, 4.69) is 10.2 Å². The zero-order valence-corrected chi connectivity index (χ0v) is 17.5. The Kier molecular flexibility index (Phi) is 7.72. The van der Waals surface area contributed by atoms with Gasteiger partial charge in [-0.3, -0.25) is 9.69 Å². The van der Waals surface area contributed by atoms with Crippen LogP contribution in [0.25, 0.3) is 0 Å². The second-order valence-corrected chi connectivity index (χ2v) is 7.64. The summed E-state index contributed by atoms with van der Waals surface area (Å²) < 4.78 is 24.4. The fourth-order valence-electron chi connectivity index (χ4n) is 3.19. The Morgan fingerprint density at radius 1 is 1.21 bits per heavy atom. The maximum atomic E-state index is 13.3. The van der Waals surface area contributed by atoms with E-state index in [0.717, 1.165) is 18.7 Å². The third kappa shape index (κ3) is 6.06. The minimum atomic E-state index is -0.743. The molecule has 8 heteroatoms. The largest absolute Gasteiger partial charge is 0.479 e. The Bertz CT molecular complexity index is 829. The van der Waals surface area contributed by atoms with E-state index >= 15 is 0 Å². The number of carbonyl (C=O) groups excluding carboxylic acids is 1. The fourth-order valence-corrected chi connectivity index (χ4v) is 3.64. The van der Waals surface area contributed by atoms with E-state index in [1.807, 2.05) is 0 Å². The summed E-state index contributed by atoms with van der Waals surface area (Å²) in [5, 5.41) is 3.77. The molecule has 156 valence electrons. The Balaban J connectivity index is 1.64. The number of nitrogens with one attached hydrogen (secondary N) is 1. The average molecular weight is 441 g/mol. The third-order valence-corrected chi connectivity index (χ3v) is 5.31. The van der Waals surface area contributed by atoms with Gasteiger partial charge >= 0.3 is 0 Å². The minimum Gasteiger partial charge on any atom is -0.479 e. The van der Waals surface area contributed by atoms with Crippen LogP contribution in [0.15, 0.2) is 42.5 Å². The lowest BCUT2D eigenvalue weighted by Gasteiger charge is -2.35. The first-order chi connectivity index (χ1) is 13.9. The average Bonchev–Trinajstić information content (AvgIpc) is 2.72. The number of morpholine rings is 1. The van der Waals surface area contributed by atoms with Crippen molar-refractivity contribution in [3.8, 4) is 5.75 Å². The van der Waals surface area contributed by atoms with E-state index in [1.54, 1.807) is 37.3 Å². The van der Waals surface area contributed by atoms with E-state index in [0.29, 0.717) is 35.6 Å². The van der Waals surface area contributed by atoms with Crippen LogP contribution >= 0.6 is 23.2 Å². The Morgan fingerprint density at radius 3 is 2.55 bits per heavy atom. The summed E-state index contributed by atoms with van der Waals surface area (Å²) >= 11 is 12.0. The van der Waals surface area contributed by atoms with Crippen molar-refractivity contribution in [2.75, 3.05) is 32.8 Å². The molecule has 0 saturated carbocycles. The van der Waals surface area contributed by atoms with Gasteiger partial charge in [0.15, 0.2) is 6.10 Å². The predicted octanol–water partition coefficient (Wildman–Crippen LogP) is 4.09. The monoisotopic (exact) mass is 440 g/mol. The summed E-state index contributed by atoms with van der Waals surface area (Å²) in [5.74, 6) is -0.168. The molecule has 2 atom stereocenters. The van der Waals surface area contributed by atoms with Gasteiger partial charge in [0.2, 0.25) is 0 Å². The normalized spacial score (nSPS) is 16.8. The van der Waals surface area contributed by atoms with Gasteiger partial charge in [0.1, 0.15) is 11.6 Å². The van der Waals surface area contributed by atoms with Crippen molar-refractivity contribution < 1.29 is 18.7 Å². The van der Waals surface area contributed by atoms with Crippen LogP contribution in [-0.2, 0) is 9.53 Å². The zero-order valence-electron chi connectivity index (χ0n) is 16.0. The fraction of sp³-hybridized carbons (Fsp3) is 0.381. The minimum absolute atomic E-state index is 0.0882. The molecule has 1 aliphatic heterocycles. The van der Waals surface area contributed by atoms with Gasteiger partial charge in [-0.2, -0.15) is 0 Å². The van der Waals surface area contributed by atoms with E-state index in [1.165, 1.54) is 12.1 Å². The highest BCUT2D eigenvalue weighted by molar-refractivity contribution is 6.35. The van der Waals surface area contributed by atoms with E-state index < -0.39 is 6.10 Å². The molecule has 0 spiro atoms. The molecule has 2 aromatic carbocycles. The molecule has 2 unspecified atom stereocenters. The Morgan fingerprint density at radius 2 is 1.90 bits per heavy atom. The topological polar surface area (TPSA) is 50.8 Å². The van der Waals surface area contributed by atoms with Gasteiger partial charge in [0, 0.05) is 24.7 Å². The smallest absolute Gasteiger partial charge is 0.260 e. The summed E-state index contributed by atoms with van der Waals surface area (Å²) in [6.45, 7) is 4.75. The number of amides is 1. The van der Waals surface area contributed by atoms with Crippen molar-refractivity contribution in [3.63, 3.8) is 0 Å². The highest BCUT2D eigenvalue weighted by atomic mass is 35.5. The summed E-state index contributed by atoms with van der Waals surface area (Å²) in [4.78, 5) is 14.8. The second kappa shape index (κ2) is 10.3. The molecular formula is C21H23Cl2FN2O3. The molecule has 3 rings (SSSR count). The molecule has 0 radical (unpaired) electrons. The van der Waals surface area contributed by atoms with E-state index in [4.69, 9.17) is 32.7 Å². The molecule has 1 saturated heterocycles. The molecular weight excluding hydrogens is 418 g/mol. The Labute approximate surface area is 179 Å². The molecule has 0 aromatic heterocycles. The summed E-state index contributed by atoms with van der Waals surface area (Å²) in [6.07, 6.45) is -0.743. The Hall–Kier alpha value is -1.86. The number of hydrogen-bond acceptors (Lipinski definition) is 4. The van der Waals surface area contributed by atoms with E-state index in [9.17, 15) is 9.18 Å². The number of hydrogen-bond donors (Lipinski definition) is 1. The van der Waals surface area contributed by atoms with Gasteiger partial charge < -0.3 is 14.8 Å². The maximum absolute atomic E-state index is 13.3. The molecule has 5 nitrogen and oxygen atoms in total.